The Labute approximate surface area is 188 Å². The van der Waals surface area contributed by atoms with Crippen molar-refractivity contribution in [2.75, 3.05) is 34.8 Å². The summed E-state index contributed by atoms with van der Waals surface area (Å²) in [5, 5.41) is 12.9. The van der Waals surface area contributed by atoms with E-state index in [9.17, 15) is 10.1 Å². The smallest absolute Gasteiger partial charge is 0.247 e. The van der Waals surface area contributed by atoms with Crippen LogP contribution in [0.5, 0.6) is 0 Å². The second-order valence-corrected chi connectivity index (χ2v) is 9.15. The molecule has 0 unspecified atom stereocenters. The molecule has 5 rings (SSSR count). The van der Waals surface area contributed by atoms with Gasteiger partial charge in [-0.25, -0.2) is 9.97 Å². The predicted molar refractivity (Wildman–Crippen MR) is 122 cm³/mol. The lowest BCUT2D eigenvalue weighted by Gasteiger charge is -2.36. The maximum Gasteiger partial charge on any atom is 0.247 e. The molecule has 0 radical (unpaired) electrons. The van der Waals surface area contributed by atoms with Crippen molar-refractivity contribution in [1.82, 2.24) is 9.97 Å². The molecule has 32 heavy (non-hydrogen) atoms. The first-order valence-electron chi connectivity index (χ1n) is 11.3. The molecular weight excluding hydrogens is 404 g/mol. The molecule has 4 heterocycles. The van der Waals surface area contributed by atoms with Crippen LogP contribution in [0.3, 0.4) is 0 Å². The van der Waals surface area contributed by atoms with Gasteiger partial charge < -0.3 is 19.9 Å². The number of nitrogens with zero attached hydrogens (tertiary/aromatic N) is 5. The number of nitrogens with one attached hydrogen (secondary N) is 1. The van der Waals surface area contributed by atoms with E-state index in [1.54, 1.807) is 11.1 Å². The molecule has 8 nitrogen and oxygen atoms in total. The van der Waals surface area contributed by atoms with Crippen LogP contribution in [-0.4, -0.2) is 47.7 Å². The molecule has 0 bridgehead atoms. The number of morpholine rings is 1. The standard InChI is InChI=1S/C24H28N6O2/c1-16-13-29(14-17(2)32-16)20-5-6-21(27-12-20)28-22-11-19(7-9-26-22)30-10-8-24(15-25,23(30)31)18-3-4-18/h5-7,9,11-12,16-18H,3-4,8,10,13-14H2,1-2H3,(H,26,27,28)/t16-,17+,24-/m1/s1. The van der Waals surface area contributed by atoms with Gasteiger partial charge in [-0.2, -0.15) is 5.26 Å². The summed E-state index contributed by atoms with van der Waals surface area (Å²) in [7, 11) is 0. The Hall–Kier alpha value is -3.18. The van der Waals surface area contributed by atoms with E-state index < -0.39 is 5.41 Å². The zero-order valence-corrected chi connectivity index (χ0v) is 18.5. The van der Waals surface area contributed by atoms with Crippen LogP contribution in [0.25, 0.3) is 0 Å². The largest absolute Gasteiger partial charge is 0.372 e. The first-order chi connectivity index (χ1) is 15.5. The van der Waals surface area contributed by atoms with Gasteiger partial charge in [0.05, 0.1) is 30.2 Å². The first kappa shape index (κ1) is 20.7. The molecule has 3 aliphatic rings. The Bertz CT molecular complexity index is 1040. The van der Waals surface area contributed by atoms with Crippen molar-refractivity contribution in [2.45, 2.75) is 45.3 Å². The van der Waals surface area contributed by atoms with Crippen molar-refractivity contribution >= 4 is 28.9 Å². The summed E-state index contributed by atoms with van der Waals surface area (Å²) >= 11 is 0. The summed E-state index contributed by atoms with van der Waals surface area (Å²) in [4.78, 5) is 26.0. The first-order valence-corrected chi connectivity index (χ1v) is 11.3. The molecule has 8 heteroatoms. The van der Waals surface area contributed by atoms with Crippen LogP contribution in [0.2, 0.25) is 0 Å². The number of pyridine rings is 2. The molecule has 0 spiro atoms. The topological polar surface area (TPSA) is 94.4 Å². The molecule has 3 atom stereocenters. The summed E-state index contributed by atoms with van der Waals surface area (Å²) in [6, 6.07) is 9.98. The van der Waals surface area contributed by atoms with Crippen molar-refractivity contribution in [1.29, 1.82) is 5.26 Å². The van der Waals surface area contributed by atoms with Crippen LogP contribution < -0.4 is 15.1 Å². The van der Waals surface area contributed by atoms with Gasteiger partial charge in [-0.05, 0) is 57.2 Å². The third-order valence-electron chi connectivity index (χ3n) is 6.67. The van der Waals surface area contributed by atoms with Gasteiger partial charge in [0, 0.05) is 37.6 Å². The zero-order valence-electron chi connectivity index (χ0n) is 18.5. The second kappa shape index (κ2) is 8.06. The summed E-state index contributed by atoms with van der Waals surface area (Å²) in [5.41, 5.74) is 0.982. The fraction of sp³-hybridized carbons (Fsp3) is 0.500. The SMILES string of the molecule is C[C@@H]1CN(c2ccc(Nc3cc(N4CC[C@@](C#N)(C5CC5)C4=O)ccn3)nc2)C[C@H](C)O1. The minimum atomic E-state index is -0.845. The molecule has 1 aliphatic carbocycles. The number of rotatable bonds is 5. The van der Waals surface area contributed by atoms with Crippen molar-refractivity contribution in [3.63, 3.8) is 0 Å². The zero-order chi connectivity index (χ0) is 22.3. The van der Waals surface area contributed by atoms with Crippen molar-refractivity contribution in [2.24, 2.45) is 11.3 Å². The molecule has 3 fully saturated rings. The number of nitriles is 1. The van der Waals surface area contributed by atoms with Gasteiger partial charge in [0.1, 0.15) is 17.1 Å². The molecule has 2 saturated heterocycles. The number of ether oxygens (including phenoxy) is 1. The third-order valence-corrected chi connectivity index (χ3v) is 6.67. The highest BCUT2D eigenvalue weighted by molar-refractivity contribution is 6.02. The third kappa shape index (κ3) is 3.78. The fourth-order valence-corrected chi connectivity index (χ4v) is 4.96. The molecule has 2 aromatic heterocycles. The molecule has 1 N–H and O–H groups in total. The second-order valence-electron chi connectivity index (χ2n) is 9.15. The Kier molecular flexibility index (Phi) is 5.22. The average Bonchev–Trinajstić information content (AvgIpc) is 3.58. The lowest BCUT2D eigenvalue weighted by molar-refractivity contribution is -0.123. The average molecular weight is 433 g/mol. The summed E-state index contributed by atoms with van der Waals surface area (Å²) < 4.78 is 5.81. The monoisotopic (exact) mass is 432 g/mol. The number of carbonyl (C=O) groups excluding carboxylic acids is 1. The van der Waals surface area contributed by atoms with Crippen molar-refractivity contribution in [3.05, 3.63) is 36.7 Å². The molecular formula is C24H28N6O2. The quantitative estimate of drug-likeness (QED) is 0.773. The lowest BCUT2D eigenvalue weighted by atomic mass is 9.83. The normalized spacial score (nSPS) is 28.0. The Balaban J connectivity index is 1.29. The van der Waals surface area contributed by atoms with Gasteiger partial charge in [-0.3, -0.25) is 4.79 Å². The Morgan fingerprint density at radius 2 is 1.91 bits per heavy atom. The molecule has 166 valence electrons. The van der Waals surface area contributed by atoms with Gasteiger partial charge in [-0.1, -0.05) is 0 Å². The van der Waals surface area contributed by atoms with E-state index >= 15 is 0 Å². The molecule has 1 saturated carbocycles. The van der Waals surface area contributed by atoms with Gasteiger partial charge in [0.25, 0.3) is 0 Å². The van der Waals surface area contributed by atoms with E-state index in [2.05, 4.69) is 40.1 Å². The number of hydrogen-bond donors (Lipinski definition) is 1. The molecule has 1 amide bonds. The van der Waals surface area contributed by atoms with E-state index in [-0.39, 0.29) is 24.0 Å². The summed E-state index contributed by atoms with van der Waals surface area (Å²) in [5.74, 6) is 1.44. The van der Waals surface area contributed by atoms with Gasteiger partial charge in [0.15, 0.2) is 0 Å². The van der Waals surface area contributed by atoms with Crippen LogP contribution in [0.1, 0.15) is 33.1 Å². The molecule has 2 aliphatic heterocycles. The fourth-order valence-electron chi connectivity index (χ4n) is 4.96. The number of aromatic nitrogens is 2. The van der Waals surface area contributed by atoms with Gasteiger partial charge in [-0.15, -0.1) is 0 Å². The van der Waals surface area contributed by atoms with E-state index in [1.165, 1.54) is 0 Å². The van der Waals surface area contributed by atoms with Crippen LogP contribution in [-0.2, 0) is 9.53 Å². The highest BCUT2D eigenvalue weighted by Gasteiger charge is 2.56. The number of hydrogen-bond acceptors (Lipinski definition) is 7. The van der Waals surface area contributed by atoms with Crippen LogP contribution >= 0.6 is 0 Å². The van der Waals surface area contributed by atoms with Crippen molar-refractivity contribution < 1.29 is 9.53 Å². The summed E-state index contributed by atoms with van der Waals surface area (Å²) in [6.07, 6.45) is 6.46. The maximum atomic E-state index is 13.1. The number of carbonyl (C=O) groups is 1. The van der Waals surface area contributed by atoms with Gasteiger partial charge in [0.2, 0.25) is 5.91 Å². The lowest BCUT2D eigenvalue weighted by Crippen LogP contribution is -2.45. The van der Waals surface area contributed by atoms with E-state index in [1.807, 2.05) is 30.5 Å². The Morgan fingerprint density at radius 3 is 2.56 bits per heavy atom. The molecule has 0 aromatic carbocycles. The maximum absolute atomic E-state index is 13.1. The van der Waals surface area contributed by atoms with Crippen LogP contribution in [0, 0.1) is 22.7 Å². The minimum absolute atomic E-state index is 0.0731. The van der Waals surface area contributed by atoms with Crippen LogP contribution in [0.15, 0.2) is 36.7 Å². The number of anilines is 4. The minimum Gasteiger partial charge on any atom is -0.372 e. The van der Waals surface area contributed by atoms with Crippen molar-refractivity contribution in [3.8, 4) is 6.07 Å². The van der Waals surface area contributed by atoms with Crippen LogP contribution in [0.4, 0.5) is 23.0 Å². The molecule has 2 aromatic rings. The predicted octanol–water partition coefficient (Wildman–Crippen LogP) is 3.49. The van der Waals surface area contributed by atoms with E-state index in [0.29, 0.717) is 24.6 Å². The number of amides is 1. The highest BCUT2D eigenvalue weighted by atomic mass is 16.5. The Morgan fingerprint density at radius 1 is 1.12 bits per heavy atom. The van der Waals surface area contributed by atoms with Gasteiger partial charge >= 0.3 is 0 Å². The van der Waals surface area contributed by atoms with E-state index in [4.69, 9.17) is 4.74 Å². The summed E-state index contributed by atoms with van der Waals surface area (Å²) in [6.45, 7) is 6.42. The highest BCUT2D eigenvalue weighted by Crippen LogP contribution is 2.51. The van der Waals surface area contributed by atoms with E-state index in [0.717, 1.165) is 37.3 Å².